The van der Waals surface area contributed by atoms with E-state index in [1.807, 2.05) is 24.4 Å². The Bertz CT molecular complexity index is 1150. The van der Waals surface area contributed by atoms with E-state index >= 15 is 0 Å². The van der Waals surface area contributed by atoms with E-state index in [0.717, 1.165) is 16.2 Å². The van der Waals surface area contributed by atoms with E-state index in [9.17, 15) is 18.8 Å². The number of urea groups is 1. The molecule has 1 fully saturated rings. The number of hydrogen-bond donors (Lipinski definition) is 1. The number of nitrogens with one attached hydrogen (secondary N) is 1. The van der Waals surface area contributed by atoms with Crippen molar-refractivity contribution in [1.29, 1.82) is 0 Å². The third-order valence-corrected chi connectivity index (χ3v) is 6.16. The zero-order valence-electron chi connectivity index (χ0n) is 18.6. The molecule has 7 nitrogen and oxygen atoms in total. The largest absolute Gasteiger partial charge is 0.494 e. The Morgan fingerprint density at radius 1 is 1.09 bits per heavy atom. The highest BCUT2D eigenvalue weighted by atomic mass is 32.1. The quantitative estimate of drug-likeness (QED) is 0.434. The molecule has 1 saturated heterocycles. The summed E-state index contributed by atoms with van der Waals surface area (Å²) in [6, 6.07) is 14.3. The van der Waals surface area contributed by atoms with Crippen molar-refractivity contribution >= 4 is 40.6 Å². The molecule has 4 rings (SSSR count). The minimum Gasteiger partial charge on any atom is -0.494 e. The van der Waals surface area contributed by atoms with Gasteiger partial charge in [-0.1, -0.05) is 13.0 Å². The van der Waals surface area contributed by atoms with Crippen molar-refractivity contribution in [3.05, 3.63) is 76.7 Å². The van der Waals surface area contributed by atoms with E-state index in [2.05, 4.69) is 5.32 Å². The molecule has 4 amide bonds. The minimum atomic E-state index is -0.980. The number of amides is 4. The first-order valence-corrected chi connectivity index (χ1v) is 11.8. The van der Waals surface area contributed by atoms with Crippen LogP contribution in [0.15, 0.2) is 66.0 Å². The number of anilines is 2. The summed E-state index contributed by atoms with van der Waals surface area (Å²) >= 11 is 1.46. The fourth-order valence-electron chi connectivity index (χ4n) is 3.65. The van der Waals surface area contributed by atoms with Crippen LogP contribution >= 0.6 is 11.3 Å². The smallest absolute Gasteiger partial charge is 0.332 e. The van der Waals surface area contributed by atoms with Gasteiger partial charge in [-0.25, -0.2) is 14.1 Å². The maximum absolute atomic E-state index is 13.4. The molecule has 34 heavy (non-hydrogen) atoms. The molecule has 1 N–H and O–H groups in total. The molecule has 0 spiro atoms. The van der Waals surface area contributed by atoms with Gasteiger partial charge in [0.25, 0.3) is 5.91 Å². The monoisotopic (exact) mass is 481 g/mol. The second kappa shape index (κ2) is 10.5. The number of imide groups is 1. The average molecular weight is 482 g/mol. The van der Waals surface area contributed by atoms with E-state index in [1.165, 1.54) is 40.5 Å². The lowest BCUT2D eigenvalue weighted by atomic mass is 10.1. The van der Waals surface area contributed by atoms with Crippen LogP contribution in [-0.2, 0) is 16.1 Å². The van der Waals surface area contributed by atoms with Crippen molar-refractivity contribution in [2.75, 3.05) is 16.8 Å². The number of benzene rings is 2. The molecule has 1 atom stereocenters. The van der Waals surface area contributed by atoms with Gasteiger partial charge >= 0.3 is 6.03 Å². The van der Waals surface area contributed by atoms with Crippen molar-refractivity contribution in [2.45, 2.75) is 32.4 Å². The summed E-state index contributed by atoms with van der Waals surface area (Å²) in [7, 11) is 0. The van der Waals surface area contributed by atoms with Crippen LogP contribution in [0.3, 0.4) is 0 Å². The van der Waals surface area contributed by atoms with Gasteiger partial charge in [0, 0.05) is 10.6 Å². The molecule has 2 aromatic carbocycles. The Balaban J connectivity index is 1.51. The maximum atomic E-state index is 13.4. The van der Waals surface area contributed by atoms with Crippen molar-refractivity contribution < 1.29 is 23.5 Å². The van der Waals surface area contributed by atoms with E-state index in [0.29, 0.717) is 18.0 Å². The zero-order valence-corrected chi connectivity index (χ0v) is 19.4. The Morgan fingerprint density at radius 2 is 1.82 bits per heavy atom. The molecule has 1 aromatic heterocycles. The summed E-state index contributed by atoms with van der Waals surface area (Å²) in [5.41, 5.74) is 0.823. The van der Waals surface area contributed by atoms with E-state index < -0.39 is 29.7 Å². The summed E-state index contributed by atoms with van der Waals surface area (Å²) < 4.78 is 18.9. The SMILES string of the molecule is CCCOc1ccc(NC(=O)CC2C(=O)N(c3ccc(F)cc3)C(=O)N2Cc2cccs2)cc1. The van der Waals surface area contributed by atoms with Crippen molar-refractivity contribution in [3.8, 4) is 5.75 Å². The van der Waals surface area contributed by atoms with Crippen LogP contribution in [-0.4, -0.2) is 35.4 Å². The molecule has 0 aliphatic carbocycles. The molecule has 9 heteroatoms. The summed E-state index contributed by atoms with van der Waals surface area (Å²) in [5.74, 6) is -0.689. The van der Waals surface area contributed by atoms with E-state index in [1.54, 1.807) is 24.3 Å². The predicted molar refractivity (Wildman–Crippen MR) is 128 cm³/mol. The second-order valence-electron chi connectivity index (χ2n) is 7.78. The van der Waals surface area contributed by atoms with E-state index in [4.69, 9.17) is 4.74 Å². The predicted octanol–water partition coefficient (Wildman–Crippen LogP) is 5.04. The molecule has 0 radical (unpaired) electrons. The molecule has 1 unspecified atom stereocenters. The highest BCUT2D eigenvalue weighted by molar-refractivity contribution is 7.09. The number of rotatable bonds is 9. The van der Waals surface area contributed by atoms with Gasteiger partial charge in [0.05, 0.1) is 25.3 Å². The summed E-state index contributed by atoms with van der Waals surface area (Å²) in [6.07, 6.45) is 0.686. The van der Waals surface area contributed by atoms with Crippen LogP contribution in [0.4, 0.5) is 20.6 Å². The molecule has 0 saturated carbocycles. The van der Waals surface area contributed by atoms with Crippen molar-refractivity contribution in [2.24, 2.45) is 0 Å². The normalized spacial score (nSPS) is 15.6. The number of halogens is 1. The van der Waals surface area contributed by atoms with Gasteiger partial charge in [0.2, 0.25) is 5.91 Å². The second-order valence-corrected chi connectivity index (χ2v) is 8.81. The lowest BCUT2D eigenvalue weighted by molar-refractivity contribution is -0.124. The van der Waals surface area contributed by atoms with Crippen LogP contribution < -0.4 is 15.0 Å². The van der Waals surface area contributed by atoms with Gasteiger partial charge in [-0.05, 0) is 66.4 Å². The van der Waals surface area contributed by atoms with Gasteiger partial charge in [-0.15, -0.1) is 11.3 Å². The first kappa shape index (κ1) is 23.4. The molecular formula is C25H24FN3O4S. The third kappa shape index (κ3) is 5.26. The highest BCUT2D eigenvalue weighted by Crippen LogP contribution is 2.29. The third-order valence-electron chi connectivity index (χ3n) is 5.30. The molecule has 1 aliphatic rings. The van der Waals surface area contributed by atoms with Gasteiger partial charge in [0.15, 0.2) is 0 Å². The minimum absolute atomic E-state index is 0.196. The summed E-state index contributed by atoms with van der Waals surface area (Å²) in [5, 5.41) is 4.66. The Labute approximate surface area is 200 Å². The van der Waals surface area contributed by atoms with Gasteiger partial charge in [-0.2, -0.15) is 0 Å². The number of carbonyl (C=O) groups is 3. The van der Waals surface area contributed by atoms with E-state index in [-0.39, 0.29) is 18.7 Å². The Morgan fingerprint density at radius 3 is 2.47 bits per heavy atom. The van der Waals surface area contributed by atoms with Crippen LogP contribution in [0.2, 0.25) is 0 Å². The highest BCUT2D eigenvalue weighted by Gasteiger charge is 2.46. The summed E-state index contributed by atoms with van der Waals surface area (Å²) in [4.78, 5) is 42.5. The van der Waals surface area contributed by atoms with Crippen LogP contribution in [0.5, 0.6) is 5.75 Å². The topological polar surface area (TPSA) is 79.0 Å². The Hall–Kier alpha value is -3.72. The van der Waals surface area contributed by atoms with Crippen molar-refractivity contribution in [3.63, 3.8) is 0 Å². The fraction of sp³-hybridized carbons (Fsp3) is 0.240. The number of carbonyl (C=O) groups excluding carboxylic acids is 3. The van der Waals surface area contributed by atoms with Crippen molar-refractivity contribution in [1.82, 2.24) is 4.90 Å². The average Bonchev–Trinajstić information content (AvgIpc) is 3.42. The molecular weight excluding hydrogens is 457 g/mol. The van der Waals surface area contributed by atoms with Crippen LogP contribution in [0, 0.1) is 5.82 Å². The molecule has 0 bridgehead atoms. The number of thiophene rings is 1. The molecule has 3 aromatic rings. The van der Waals surface area contributed by atoms with Crippen LogP contribution in [0.25, 0.3) is 0 Å². The number of ether oxygens (including phenoxy) is 1. The number of nitrogens with zero attached hydrogens (tertiary/aromatic N) is 2. The standard InChI is InChI=1S/C25H24FN3O4S/c1-2-13-33-20-11-7-18(8-12-20)27-23(30)15-22-24(31)29(19-9-5-17(26)6-10-19)25(32)28(22)16-21-4-3-14-34-21/h3-12,14,22H,2,13,15-16H2,1H3,(H,27,30). The molecule has 176 valence electrons. The lowest BCUT2D eigenvalue weighted by Crippen LogP contribution is -2.37. The lowest BCUT2D eigenvalue weighted by Gasteiger charge is -2.21. The Kier molecular flexibility index (Phi) is 7.22. The fourth-order valence-corrected chi connectivity index (χ4v) is 4.36. The van der Waals surface area contributed by atoms with Gasteiger partial charge < -0.3 is 15.0 Å². The molecule has 1 aliphatic heterocycles. The number of hydrogen-bond acceptors (Lipinski definition) is 5. The van der Waals surface area contributed by atoms with Gasteiger partial charge in [-0.3, -0.25) is 9.59 Å². The first-order chi connectivity index (χ1) is 16.5. The van der Waals surface area contributed by atoms with Crippen LogP contribution in [0.1, 0.15) is 24.6 Å². The molecule has 2 heterocycles. The van der Waals surface area contributed by atoms with Gasteiger partial charge in [0.1, 0.15) is 17.6 Å². The first-order valence-electron chi connectivity index (χ1n) is 10.9. The summed E-state index contributed by atoms with van der Waals surface area (Å²) in [6.45, 7) is 2.82. The maximum Gasteiger partial charge on any atom is 0.332 e. The zero-order chi connectivity index (χ0) is 24.1.